The van der Waals surface area contributed by atoms with Crippen molar-refractivity contribution in [2.24, 2.45) is 0 Å². The van der Waals surface area contributed by atoms with Crippen LogP contribution in [0.15, 0.2) is 66.7 Å². The Morgan fingerprint density at radius 2 is 1.70 bits per heavy atom. The van der Waals surface area contributed by atoms with E-state index < -0.39 is 6.09 Å². The Morgan fingerprint density at radius 3 is 2.48 bits per heavy atom. The summed E-state index contributed by atoms with van der Waals surface area (Å²) in [7, 11) is 1.66. The Kier molecular flexibility index (Phi) is 6.32. The summed E-state index contributed by atoms with van der Waals surface area (Å²) in [5, 5.41) is 4.80. The molecule has 1 N–H and O–H groups in total. The third-order valence-electron chi connectivity index (χ3n) is 4.06. The van der Waals surface area contributed by atoms with Crippen LogP contribution in [-0.4, -0.2) is 19.7 Å². The van der Waals surface area contributed by atoms with Crippen LogP contribution in [-0.2, 0) is 11.3 Å². The number of fused-ring (bicyclic) bond motifs is 1. The molecule has 4 nitrogen and oxygen atoms in total. The van der Waals surface area contributed by atoms with Crippen molar-refractivity contribution in [3.05, 3.63) is 77.9 Å². The first-order valence-electron chi connectivity index (χ1n) is 8.77. The van der Waals surface area contributed by atoms with E-state index in [1.165, 1.54) is 0 Å². The second kappa shape index (κ2) is 9.30. The third kappa shape index (κ3) is 5.02. The second-order valence-electron chi connectivity index (χ2n) is 5.90. The molecule has 0 aliphatic carbocycles. The number of benzene rings is 3. The minimum atomic E-state index is -0.435. The molecule has 0 spiro atoms. The summed E-state index contributed by atoms with van der Waals surface area (Å²) in [6.45, 7) is 0.699. The van der Waals surface area contributed by atoms with E-state index in [9.17, 15) is 4.79 Å². The zero-order valence-electron chi connectivity index (χ0n) is 15.2. The zero-order chi connectivity index (χ0) is 18.9. The molecule has 0 fully saturated rings. The Labute approximate surface area is 159 Å². The predicted octanol–water partition coefficient (Wildman–Crippen LogP) is 4.52. The summed E-state index contributed by atoms with van der Waals surface area (Å²) in [6.07, 6.45) is 0.108. The van der Waals surface area contributed by atoms with Crippen LogP contribution in [0.1, 0.15) is 17.5 Å². The number of hydrogen-bond acceptors (Lipinski definition) is 3. The van der Waals surface area contributed by atoms with Crippen LogP contribution in [0.5, 0.6) is 5.75 Å². The van der Waals surface area contributed by atoms with Crippen LogP contribution in [0.2, 0.25) is 0 Å². The molecular formula is C23H21NO3. The van der Waals surface area contributed by atoms with E-state index in [2.05, 4.69) is 17.2 Å². The summed E-state index contributed by atoms with van der Waals surface area (Å²) >= 11 is 0. The Morgan fingerprint density at radius 1 is 0.963 bits per heavy atom. The van der Waals surface area contributed by atoms with E-state index in [0.717, 1.165) is 27.6 Å². The lowest BCUT2D eigenvalue weighted by Gasteiger charge is -2.07. The molecule has 1 amide bonds. The van der Waals surface area contributed by atoms with Crippen molar-refractivity contribution in [2.75, 3.05) is 13.7 Å². The predicted molar refractivity (Wildman–Crippen MR) is 107 cm³/mol. The molecule has 3 aromatic rings. The van der Waals surface area contributed by atoms with E-state index in [0.29, 0.717) is 13.0 Å². The van der Waals surface area contributed by atoms with Crippen LogP contribution < -0.4 is 10.1 Å². The summed E-state index contributed by atoms with van der Waals surface area (Å²) in [5.74, 6) is 7.10. The van der Waals surface area contributed by atoms with E-state index in [1.807, 2.05) is 66.7 Å². The van der Waals surface area contributed by atoms with E-state index in [1.54, 1.807) is 7.11 Å². The summed E-state index contributed by atoms with van der Waals surface area (Å²) in [6, 6.07) is 21.5. The van der Waals surface area contributed by atoms with Crippen molar-refractivity contribution in [3.63, 3.8) is 0 Å². The lowest BCUT2D eigenvalue weighted by molar-refractivity contribution is 0.140. The van der Waals surface area contributed by atoms with Crippen molar-refractivity contribution < 1.29 is 14.3 Å². The van der Waals surface area contributed by atoms with Crippen molar-refractivity contribution in [2.45, 2.75) is 13.0 Å². The fourth-order valence-electron chi connectivity index (χ4n) is 2.72. The van der Waals surface area contributed by atoms with E-state index >= 15 is 0 Å². The molecule has 0 atom stereocenters. The van der Waals surface area contributed by atoms with Gasteiger partial charge in [0.05, 0.1) is 7.11 Å². The van der Waals surface area contributed by atoms with Crippen molar-refractivity contribution in [3.8, 4) is 17.6 Å². The number of amides is 1. The molecule has 27 heavy (non-hydrogen) atoms. The molecule has 0 aliphatic heterocycles. The van der Waals surface area contributed by atoms with Crippen LogP contribution in [0.25, 0.3) is 10.8 Å². The fourth-order valence-corrected chi connectivity index (χ4v) is 2.72. The molecule has 0 saturated carbocycles. The number of methoxy groups -OCH3 is 1. The SMILES string of the molecule is COc1ccc(C#CCCNC(=O)OCc2ccccc2)c2ccccc12. The minimum Gasteiger partial charge on any atom is -0.496 e. The van der Waals surface area contributed by atoms with Gasteiger partial charge in [0.1, 0.15) is 12.4 Å². The Balaban J connectivity index is 1.51. The molecule has 0 saturated heterocycles. The highest BCUT2D eigenvalue weighted by Crippen LogP contribution is 2.27. The van der Waals surface area contributed by atoms with Gasteiger partial charge in [-0.3, -0.25) is 0 Å². The smallest absolute Gasteiger partial charge is 0.407 e. The number of rotatable bonds is 5. The average Bonchev–Trinajstić information content (AvgIpc) is 2.72. The zero-order valence-corrected chi connectivity index (χ0v) is 15.2. The van der Waals surface area contributed by atoms with Crippen LogP contribution in [0.3, 0.4) is 0 Å². The van der Waals surface area contributed by atoms with Gasteiger partial charge in [-0.25, -0.2) is 4.79 Å². The maximum atomic E-state index is 11.7. The van der Waals surface area contributed by atoms with Gasteiger partial charge in [0.15, 0.2) is 0 Å². The minimum absolute atomic E-state index is 0.260. The summed E-state index contributed by atoms with van der Waals surface area (Å²) < 4.78 is 10.6. The van der Waals surface area contributed by atoms with Gasteiger partial charge < -0.3 is 14.8 Å². The summed E-state index contributed by atoms with van der Waals surface area (Å²) in [5.41, 5.74) is 1.90. The van der Waals surface area contributed by atoms with E-state index in [-0.39, 0.29) is 6.61 Å². The number of carbonyl (C=O) groups excluding carboxylic acids is 1. The molecule has 0 aromatic heterocycles. The second-order valence-corrected chi connectivity index (χ2v) is 5.90. The standard InChI is InChI=1S/C23H21NO3/c1-26-22-15-14-19(20-12-5-6-13-21(20)22)11-7-8-16-24-23(25)27-17-18-9-3-2-4-10-18/h2-6,9-10,12-15H,8,16-17H2,1H3,(H,24,25). The highest BCUT2D eigenvalue weighted by molar-refractivity contribution is 5.93. The first-order chi connectivity index (χ1) is 13.3. The van der Waals surface area contributed by atoms with Gasteiger partial charge in [-0.15, -0.1) is 0 Å². The third-order valence-corrected chi connectivity index (χ3v) is 4.06. The summed E-state index contributed by atoms with van der Waals surface area (Å²) in [4.78, 5) is 11.7. The molecule has 3 rings (SSSR count). The molecule has 4 heteroatoms. The van der Waals surface area contributed by atoms with Crippen molar-refractivity contribution in [1.82, 2.24) is 5.32 Å². The molecule has 0 aliphatic rings. The monoisotopic (exact) mass is 359 g/mol. The largest absolute Gasteiger partial charge is 0.496 e. The van der Waals surface area contributed by atoms with Gasteiger partial charge >= 0.3 is 6.09 Å². The molecule has 0 heterocycles. The van der Waals surface area contributed by atoms with Gasteiger partial charge in [-0.05, 0) is 17.7 Å². The Hall–Kier alpha value is -3.45. The molecule has 0 bridgehead atoms. The lowest BCUT2D eigenvalue weighted by atomic mass is 10.0. The first kappa shape index (κ1) is 18.3. The quantitative estimate of drug-likeness (QED) is 0.538. The normalized spacial score (nSPS) is 9.96. The maximum absolute atomic E-state index is 11.7. The topological polar surface area (TPSA) is 47.6 Å². The number of carbonyl (C=O) groups is 1. The van der Waals surface area contributed by atoms with Gasteiger partial charge in [0.2, 0.25) is 0 Å². The van der Waals surface area contributed by atoms with E-state index in [4.69, 9.17) is 9.47 Å². The lowest BCUT2D eigenvalue weighted by Crippen LogP contribution is -2.24. The van der Waals surface area contributed by atoms with Crippen LogP contribution in [0, 0.1) is 11.8 Å². The number of hydrogen-bond donors (Lipinski definition) is 1. The Bertz CT molecular complexity index is 971. The van der Waals surface area contributed by atoms with Crippen LogP contribution in [0.4, 0.5) is 4.79 Å². The highest BCUT2D eigenvalue weighted by atomic mass is 16.5. The molecule has 0 unspecified atom stereocenters. The van der Waals surface area contributed by atoms with Gasteiger partial charge in [-0.2, -0.15) is 0 Å². The maximum Gasteiger partial charge on any atom is 0.407 e. The molecule has 0 radical (unpaired) electrons. The van der Waals surface area contributed by atoms with Crippen LogP contribution >= 0.6 is 0 Å². The average molecular weight is 359 g/mol. The number of ether oxygens (including phenoxy) is 2. The highest BCUT2D eigenvalue weighted by Gasteiger charge is 2.04. The fraction of sp³-hybridized carbons (Fsp3) is 0.174. The molecular weight excluding hydrogens is 338 g/mol. The van der Waals surface area contributed by atoms with Gasteiger partial charge in [-0.1, -0.05) is 66.4 Å². The van der Waals surface area contributed by atoms with Crippen molar-refractivity contribution in [1.29, 1.82) is 0 Å². The molecule has 3 aromatic carbocycles. The first-order valence-corrected chi connectivity index (χ1v) is 8.77. The number of alkyl carbamates (subject to hydrolysis) is 1. The van der Waals surface area contributed by atoms with Gasteiger partial charge in [0, 0.05) is 29.3 Å². The molecule has 136 valence electrons. The van der Waals surface area contributed by atoms with Gasteiger partial charge in [0.25, 0.3) is 0 Å². The van der Waals surface area contributed by atoms with Crippen molar-refractivity contribution >= 4 is 16.9 Å². The number of nitrogens with one attached hydrogen (secondary N) is 1.